The molecule has 2 aromatic carbocycles. The first kappa shape index (κ1) is 16.8. The topological polar surface area (TPSA) is 78.5 Å². The minimum atomic E-state index is -0.376. The lowest BCUT2D eigenvalue weighted by Crippen LogP contribution is -2.38. The molecule has 2 N–H and O–H groups in total. The first-order valence-electron chi connectivity index (χ1n) is 7.67. The molecule has 0 fully saturated rings. The van der Waals surface area contributed by atoms with E-state index in [1.807, 2.05) is 30.3 Å². The number of amides is 3. The zero-order valence-corrected chi connectivity index (χ0v) is 14.0. The maximum atomic E-state index is 12.2. The molecule has 1 aliphatic heterocycles. The molecular weight excluding hydrogens is 338 g/mol. The van der Waals surface area contributed by atoms with Crippen molar-refractivity contribution in [1.29, 1.82) is 0 Å². The van der Waals surface area contributed by atoms with Crippen molar-refractivity contribution in [2.24, 2.45) is 0 Å². The number of hydrogen-bond acceptors (Lipinski definition) is 4. The fourth-order valence-electron chi connectivity index (χ4n) is 2.53. The van der Waals surface area contributed by atoms with E-state index in [0.29, 0.717) is 11.1 Å². The lowest BCUT2D eigenvalue weighted by Gasteiger charge is -2.14. The number of hydrogen-bond donors (Lipinski definition) is 2. The monoisotopic (exact) mass is 353 g/mol. The van der Waals surface area contributed by atoms with Crippen molar-refractivity contribution >= 4 is 40.7 Å². The predicted molar refractivity (Wildman–Crippen MR) is 97.2 cm³/mol. The smallest absolute Gasteiger partial charge is 0.261 e. The Morgan fingerprint density at radius 1 is 0.920 bits per heavy atom. The van der Waals surface area contributed by atoms with Crippen LogP contribution in [0.1, 0.15) is 27.1 Å². The molecule has 7 heteroatoms. The Labute approximate surface area is 149 Å². The highest BCUT2D eigenvalue weighted by atomic mass is 32.1. The van der Waals surface area contributed by atoms with Crippen molar-refractivity contribution in [3.63, 3.8) is 0 Å². The number of benzene rings is 2. The highest BCUT2D eigenvalue weighted by Crippen LogP contribution is 2.22. The summed E-state index contributed by atoms with van der Waals surface area (Å²) in [4.78, 5) is 37.5. The Bertz CT molecular complexity index is 817. The molecule has 0 spiro atoms. The molecule has 3 amide bonds. The molecule has 1 heterocycles. The van der Waals surface area contributed by atoms with Gasteiger partial charge in [0, 0.05) is 18.7 Å². The zero-order chi connectivity index (χ0) is 17.8. The van der Waals surface area contributed by atoms with E-state index in [1.165, 1.54) is 0 Å². The summed E-state index contributed by atoms with van der Waals surface area (Å²) in [5, 5.41) is 5.59. The number of thiocarbonyl (C=S) groups is 1. The second kappa shape index (κ2) is 7.23. The fraction of sp³-hybridized carbons (Fsp3) is 0.111. The van der Waals surface area contributed by atoms with Crippen LogP contribution in [0.2, 0.25) is 0 Å². The van der Waals surface area contributed by atoms with Crippen LogP contribution in [0.5, 0.6) is 0 Å². The number of carbonyl (C=O) groups is 3. The summed E-state index contributed by atoms with van der Waals surface area (Å²) in [5.74, 6) is -1.12. The largest absolute Gasteiger partial charge is 0.332 e. The number of carbonyl (C=O) groups excluding carboxylic acids is 3. The molecule has 1 aliphatic rings. The minimum absolute atomic E-state index is 0.00608. The Morgan fingerprint density at radius 3 is 2.08 bits per heavy atom. The highest BCUT2D eigenvalue weighted by molar-refractivity contribution is 7.80. The van der Waals surface area contributed by atoms with E-state index < -0.39 is 0 Å². The van der Waals surface area contributed by atoms with Crippen LogP contribution in [-0.4, -0.2) is 34.3 Å². The van der Waals surface area contributed by atoms with Gasteiger partial charge in [-0.15, -0.1) is 0 Å². The van der Waals surface area contributed by atoms with Crippen LogP contribution < -0.4 is 10.6 Å². The van der Waals surface area contributed by atoms with Crippen molar-refractivity contribution in [3.05, 3.63) is 65.7 Å². The second-order valence-corrected chi connectivity index (χ2v) is 5.83. The van der Waals surface area contributed by atoms with Crippen LogP contribution in [0, 0.1) is 0 Å². The molecule has 25 heavy (non-hydrogen) atoms. The summed E-state index contributed by atoms with van der Waals surface area (Å²) in [6, 6.07) is 15.8. The SMILES string of the molecule is O=C(CCN1C(=O)c2ccccc2C1=O)NC(=S)Nc1ccccc1. The number of anilines is 1. The Morgan fingerprint density at radius 2 is 1.48 bits per heavy atom. The number of rotatable bonds is 4. The Balaban J connectivity index is 1.52. The number of imide groups is 1. The fourth-order valence-corrected chi connectivity index (χ4v) is 2.76. The van der Waals surface area contributed by atoms with Gasteiger partial charge in [-0.2, -0.15) is 0 Å². The first-order valence-corrected chi connectivity index (χ1v) is 8.08. The van der Waals surface area contributed by atoms with E-state index >= 15 is 0 Å². The summed E-state index contributed by atoms with van der Waals surface area (Å²) < 4.78 is 0. The Hall–Kier alpha value is -3.06. The molecule has 2 aromatic rings. The molecule has 6 nitrogen and oxygen atoms in total. The van der Waals surface area contributed by atoms with Gasteiger partial charge in [-0.3, -0.25) is 19.3 Å². The van der Waals surface area contributed by atoms with Crippen molar-refractivity contribution in [2.75, 3.05) is 11.9 Å². The lowest BCUT2D eigenvalue weighted by molar-refractivity contribution is -0.119. The van der Waals surface area contributed by atoms with Gasteiger partial charge in [0.1, 0.15) is 0 Å². The molecule has 0 unspecified atom stereocenters. The second-order valence-electron chi connectivity index (χ2n) is 5.43. The quantitative estimate of drug-likeness (QED) is 0.651. The van der Waals surface area contributed by atoms with Crippen molar-refractivity contribution in [3.8, 4) is 0 Å². The predicted octanol–water partition coefficient (Wildman–Crippen LogP) is 2.19. The van der Waals surface area contributed by atoms with E-state index in [4.69, 9.17) is 12.2 Å². The summed E-state index contributed by atoms with van der Waals surface area (Å²) in [6.45, 7) is 0.00608. The third-order valence-corrected chi connectivity index (χ3v) is 3.93. The molecule has 3 rings (SSSR count). The van der Waals surface area contributed by atoms with Crippen molar-refractivity contribution in [2.45, 2.75) is 6.42 Å². The van der Waals surface area contributed by atoms with Crippen LogP contribution >= 0.6 is 12.2 Å². The number of nitrogens with one attached hydrogen (secondary N) is 2. The summed E-state index contributed by atoms with van der Waals surface area (Å²) in [6.07, 6.45) is -0.0257. The van der Waals surface area contributed by atoms with E-state index in [0.717, 1.165) is 10.6 Å². The zero-order valence-electron chi connectivity index (χ0n) is 13.2. The van der Waals surface area contributed by atoms with Gasteiger partial charge >= 0.3 is 0 Å². The lowest BCUT2D eigenvalue weighted by atomic mass is 10.1. The number of para-hydroxylation sites is 1. The van der Waals surface area contributed by atoms with Crippen LogP contribution in [0.4, 0.5) is 5.69 Å². The third-order valence-electron chi connectivity index (χ3n) is 3.73. The summed E-state index contributed by atoms with van der Waals surface area (Å²) in [7, 11) is 0. The molecule has 0 bridgehead atoms. The van der Waals surface area contributed by atoms with E-state index in [9.17, 15) is 14.4 Å². The summed E-state index contributed by atoms with van der Waals surface area (Å²) in [5.41, 5.74) is 1.50. The van der Waals surface area contributed by atoms with Gasteiger partial charge in [-0.1, -0.05) is 30.3 Å². The maximum Gasteiger partial charge on any atom is 0.261 e. The van der Waals surface area contributed by atoms with E-state index in [2.05, 4.69) is 10.6 Å². The Kier molecular flexibility index (Phi) is 4.85. The van der Waals surface area contributed by atoms with Gasteiger partial charge in [0.05, 0.1) is 11.1 Å². The molecule has 0 radical (unpaired) electrons. The van der Waals surface area contributed by atoms with Crippen LogP contribution in [-0.2, 0) is 4.79 Å². The van der Waals surface area contributed by atoms with Crippen molar-refractivity contribution in [1.82, 2.24) is 10.2 Å². The minimum Gasteiger partial charge on any atom is -0.332 e. The number of fused-ring (bicyclic) bond motifs is 1. The first-order chi connectivity index (χ1) is 12.1. The molecular formula is C18H15N3O3S. The van der Waals surface area contributed by atoms with Crippen LogP contribution in [0.15, 0.2) is 54.6 Å². The standard InChI is InChI=1S/C18H15N3O3S/c22-15(20-18(25)19-12-6-2-1-3-7-12)10-11-21-16(23)13-8-4-5-9-14(13)17(21)24/h1-9H,10-11H2,(H2,19,20,22,25). The maximum absolute atomic E-state index is 12.2. The highest BCUT2D eigenvalue weighted by Gasteiger charge is 2.34. The molecule has 0 atom stereocenters. The molecule has 0 aliphatic carbocycles. The van der Waals surface area contributed by atoms with Crippen LogP contribution in [0.25, 0.3) is 0 Å². The van der Waals surface area contributed by atoms with Gasteiger partial charge in [0.25, 0.3) is 11.8 Å². The van der Waals surface area contributed by atoms with E-state index in [1.54, 1.807) is 24.3 Å². The van der Waals surface area contributed by atoms with Crippen LogP contribution in [0.3, 0.4) is 0 Å². The van der Waals surface area contributed by atoms with Gasteiger partial charge in [-0.25, -0.2) is 0 Å². The van der Waals surface area contributed by atoms with Gasteiger partial charge < -0.3 is 10.6 Å². The van der Waals surface area contributed by atoms with Gasteiger partial charge in [-0.05, 0) is 36.5 Å². The molecule has 0 saturated carbocycles. The molecule has 0 saturated heterocycles. The van der Waals surface area contributed by atoms with Gasteiger partial charge in [0.15, 0.2) is 5.11 Å². The normalized spacial score (nSPS) is 12.7. The third kappa shape index (κ3) is 3.72. The number of nitrogens with zero attached hydrogens (tertiary/aromatic N) is 1. The molecule has 126 valence electrons. The van der Waals surface area contributed by atoms with Crippen molar-refractivity contribution < 1.29 is 14.4 Å². The average Bonchev–Trinajstić information content (AvgIpc) is 2.85. The molecule has 0 aromatic heterocycles. The van der Waals surface area contributed by atoms with Gasteiger partial charge in [0.2, 0.25) is 5.91 Å². The summed E-state index contributed by atoms with van der Waals surface area (Å²) >= 11 is 5.07. The average molecular weight is 353 g/mol. The van der Waals surface area contributed by atoms with E-state index in [-0.39, 0.29) is 35.8 Å².